The van der Waals surface area contributed by atoms with Gasteiger partial charge in [0.05, 0.1) is 0 Å². The molecule has 0 saturated heterocycles. The van der Waals surface area contributed by atoms with Crippen LogP contribution in [0.2, 0.25) is 0 Å². The van der Waals surface area contributed by atoms with E-state index in [-0.39, 0.29) is 23.3 Å². The average Bonchev–Trinajstić information content (AvgIpc) is 2.39. The Hall–Kier alpha value is -1.09. The average molecular weight is 329 g/mol. The van der Waals surface area contributed by atoms with Gasteiger partial charge in [0.15, 0.2) is 6.35 Å². The molecule has 0 bridgehead atoms. The first-order valence-electron chi connectivity index (χ1n) is 5.24. The van der Waals surface area contributed by atoms with Gasteiger partial charge in [0, 0.05) is 5.30 Å². The molecule has 2 rings (SSSR count). The number of hydrogen-bond acceptors (Lipinski definition) is 2. The lowest BCUT2D eigenvalue weighted by atomic mass is 10.3. The van der Waals surface area contributed by atoms with Crippen molar-refractivity contribution in [2.75, 3.05) is 6.35 Å². The lowest BCUT2D eigenvalue weighted by molar-refractivity contribution is 0.355. The van der Waals surface area contributed by atoms with Crippen LogP contribution >= 0.6 is 24.4 Å². The van der Waals surface area contributed by atoms with Crippen LogP contribution in [0.4, 0.5) is 0 Å². The first-order chi connectivity index (χ1) is 8.18. The van der Waals surface area contributed by atoms with Crippen LogP contribution in [0, 0.1) is 0 Å². The Morgan fingerprint density at radius 2 is 1.44 bits per heavy atom. The minimum atomic E-state index is -3.43. The Balaban J connectivity index is 0.00000162. The molecule has 18 heavy (non-hydrogen) atoms. The Kier molecular flexibility index (Phi) is 5.60. The summed E-state index contributed by atoms with van der Waals surface area (Å²) in [6.07, 6.45) is -0.207. The lowest BCUT2D eigenvalue weighted by Gasteiger charge is -2.12. The maximum atomic E-state index is 12.0. The number of para-hydroxylation sites is 1. The van der Waals surface area contributed by atoms with Crippen molar-refractivity contribution in [1.82, 2.24) is 0 Å². The van der Waals surface area contributed by atoms with Crippen LogP contribution in [0.25, 0.3) is 0 Å². The van der Waals surface area contributed by atoms with E-state index in [9.17, 15) is 9.46 Å². The van der Waals surface area contributed by atoms with E-state index >= 15 is 0 Å². The molecule has 0 aliphatic carbocycles. The standard InChI is InChI=1S/C13H13O3P.BrH/c14-17(15,13-9-5-2-6-10-13)11-16-12-7-3-1-4-8-12;/h1-10H,11H2,(H,14,15);1H. The molecule has 0 amide bonds. The summed E-state index contributed by atoms with van der Waals surface area (Å²) in [7, 11) is -3.43. The third-order valence-electron chi connectivity index (χ3n) is 2.31. The van der Waals surface area contributed by atoms with Gasteiger partial charge in [0.1, 0.15) is 5.75 Å². The summed E-state index contributed by atoms with van der Waals surface area (Å²) in [5.74, 6) is 0.595. The molecule has 5 heteroatoms. The molecule has 0 heterocycles. The number of hydrogen-bond donors (Lipinski definition) is 1. The molecule has 1 unspecified atom stereocenters. The molecule has 1 N–H and O–H groups in total. The fraction of sp³-hybridized carbons (Fsp3) is 0.0769. The third kappa shape index (κ3) is 3.98. The quantitative estimate of drug-likeness (QED) is 0.877. The molecular weight excluding hydrogens is 315 g/mol. The molecule has 0 radical (unpaired) electrons. The molecule has 0 aliphatic rings. The van der Waals surface area contributed by atoms with Crippen molar-refractivity contribution in [2.45, 2.75) is 0 Å². The largest absolute Gasteiger partial charge is 0.483 e. The molecule has 0 aliphatic heterocycles. The van der Waals surface area contributed by atoms with Crippen LogP contribution in [-0.2, 0) is 4.57 Å². The normalized spacial score (nSPS) is 13.2. The van der Waals surface area contributed by atoms with Crippen LogP contribution < -0.4 is 10.0 Å². The second-order valence-corrected chi connectivity index (χ2v) is 5.80. The predicted octanol–water partition coefficient (Wildman–Crippen LogP) is 3.20. The molecule has 96 valence electrons. The Morgan fingerprint density at radius 1 is 0.944 bits per heavy atom. The first-order valence-corrected chi connectivity index (χ1v) is 7.08. The van der Waals surface area contributed by atoms with Crippen molar-refractivity contribution in [3.8, 4) is 5.75 Å². The van der Waals surface area contributed by atoms with Gasteiger partial charge in [-0.25, -0.2) is 0 Å². The van der Waals surface area contributed by atoms with E-state index < -0.39 is 7.37 Å². The topological polar surface area (TPSA) is 46.5 Å². The summed E-state index contributed by atoms with van der Waals surface area (Å²) in [5, 5.41) is 0.413. The minimum Gasteiger partial charge on any atom is -0.483 e. The van der Waals surface area contributed by atoms with Crippen molar-refractivity contribution in [3.05, 3.63) is 60.7 Å². The number of rotatable bonds is 4. The summed E-state index contributed by atoms with van der Waals surface area (Å²) in [6.45, 7) is 0. The van der Waals surface area contributed by atoms with Crippen molar-refractivity contribution in [1.29, 1.82) is 0 Å². The summed E-state index contributed by atoms with van der Waals surface area (Å²) < 4.78 is 17.3. The van der Waals surface area contributed by atoms with E-state index in [0.717, 1.165) is 0 Å². The Labute approximate surface area is 117 Å². The highest BCUT2D eigenvalue weighted by Gasteiger charge is 2.21. The van der Waals surface area contributed by atoms with Gasteiger partial charge in [-0.05, 0) is 24.3 Å². The molecule has 1 atom stereocenters. The monoisotopic (exact) mass is 328 g/mol. The van der Waals surface area contributed by atoms with Crippen LogP contribution in [0.1, 0.15) is 0 Å². The van der Waals surface area contributed by atoms with E-state index in [1.807, 2.05) is 24.3 Å². The van der Waals surface area contributed by atoms with Gasteiger partial charge in [-0.3, -0.25) is 4.57 Å². The van der Waals surface area contributed by atoms with Crippen LogP contribution in [0.15, 0.2) is 60.7 Å². The van der Waals surface area contributed by atoms with Crippen molar-refractivity contribution in [2.24, 2.45) is 0 Å². The second kappa shape index (κ2) is 6.74. The first kappa shape index (κ1) is 15.0. The highest BCUT2D eigenvalue weighted by Crippen LogP contribution is 2.39. The van der Waals surface area contributed by atoms with Gasteiger partial charge in [-0.2, -0.15) is 0 Å². The van der Waals surface area contributed by atoms with Gasteiger partial charge in [0.2, 0.25) is 0 Å². The fourth-order valence-electron chi connectivity index (χ4n) is 1.41. The summed E-state index contributed by atoms with van der Waals surface area (Å²) in [4.78, 5) is 9.88. The highest BCUT2D eigenvalue weighted by atomic mass is 79.9. The van der Waals surface area contributed by atoms with Crippen LogP contribution in [0.3, 0.4) is 0 Å². The maximum absolute atomic E-state index is 12.0. The summed E-state index contributed by atoms with van der Waals surface area (Å²) in [5.41, 5.74) is 0. The summed E-state index contributed by atoms with van der Waals surface area (Å²) in [6, 6.07) is 17.6. The molecule has 0 aromatic heterocycles. The molecule has 2 aromatic rings. The smallest absolute Gasteiger partial charge is 0.265 e. The molecule has 0 saturated carbocycles. The van der Waals surface area contributed by atoms with E-state index in [0.29, 0.717) is 11.1 Å². The van der Waals surface area contributed by atoms with Crippen molar-refractivity contribution < 1.29 is 14.2 Å². The molecule has 0 fully saturated rings. The minimum absolute atomic E-state index is 0. The number of ether oxygens (including phenoxy) is 1. The lowest BCUT2D eigenvalue weighted by Crippen LogP contribution is -2.10. The fourth-order valence-corrected chi connectivity index (χ4v) is 2.53. The third-order valence-corrected chi connectivity index (χ3v) is 3.89. The second-order valence-electron chi connectivity index (χ2n) is 3.62. The summed E-state index contributed by atoms with van der Waals surface area (Å²) >= 11 is 0. The number of halogens is 1. The zero-order valence-corrected chi connectivity index (χ0v) is 12.2. The molecule has 0 spiro atoms. The molecule has 3 nitrogen and oxygen atoms in total. The van der Waals surface area contributed by atoms with Gasteiger partial charge >= 0.3 is 0 Å². The van der Waals surface area contributed by atoms with Crippen LogP contribution in [0.5, 0.6) is 5.75 Å². The SMILES string of the molecule is Br.O=P(O)(COc1ccccc1)c1ccccc1. The van der Waals surface area contributed by atoms with E-state index in [4.69, 9.17) is 4.74 Å². The maximum Gasteiger partial charge on any atom is 0.265 e. The van der Waals surface area contributed by atoms with Crippen LogP contribution in [-0.4, -0.2) is 11.2 Å². The van der Waals surface area contributed by atoms with Gasteiger partial charge in [-0.1, -0.05) is 36.4 Å². The van der Waals surface area contributed by atoms with E-state index in [2.05, 4.69) is 0 Å². The molecule has 2 aromatic carbocycles. The Bertz CT molecular complexity index is 516. The van der Waals surface area contributed by atoms with E-state index in [1.165, 1.54) is 0 Å². The van der Waals surface area contributed by atoms with E-state index in [1.54, 1.807) is 36.4 Å². The Morgan fingerprint density at radius 3 is 2.00 bits per heavy atom. The zero-order valence-electron chi connectivity index (χ0n) is 9.60. The van der Waals surface area contributed by atoms with Gasteiger partial charge in [0.25, 0.3) is 7.37 Å². The predicted molar refractivity (Wildman–Crippen MR) is 78.2 cm³/mol. The van der Waals surface area contributed by atoms with Gasteiger partial charge in [-0.15, -0.1) is 17.0 Å². The highest BCUT2D eigenvalue weighted by molar-refractivity contribution is 8.93. The zero-order chi connectivity index (χ0) is 12.1. The van der Waals surface area contributed by atoms with Gasteiger partial charge < -0.3 is 9.63 Å². The molecular formula is C13H14BrO3P. The van der Waals surface area contributed by atoms with Crippen molar-refractivity contribution >= 4 is 29.7 Å². The number of benzene rings is 2. The van der Waals surface area contributed by atoms with Crippen molar-refractivity contribution in [3.63, 3.8) is 0 Å².